The lowest BCUT2D eigenvalue weighted by Crippen LogP contribution is -2.12. The number of hydrogen-bond acceptors (Lipinski definition) is 3. The van der Waals surface area contributed by atoms with E-state index >= 15 is 0 Å². The summed E-state index contributed by atoms with van der Waals surface area (Å²) >= 11 is 1.98. The van der Waals surface area contributed by atoms with E-state index in [1.165, 1.54) is 35.4 Å². The van der Waals surface area contributed by atoms with E-state index in [2.05, 4.69) is 35.4 Å². The molecule has 2 aromatic heterocycles. The van der Waals surface area contributed by atoms with E-state index in [1.54, 1.807) is 10.4 Å². The molecule has 0 atom stereocenters. The number of fused-ring (bicyclic) bond motifs is 1. The van der Waals surface area contributed by atoms with Crippen molar-refractivity contribution in [1.29, 1.82) is 0 Å². The average molecular weight is 261 g/mol. The zero-order valence-corrected chi connectivity index (χ0v) is 11.8. The Hall–Kier alpha value is -1.13. The van der Waals surface area contributed by atoms with Gasteiger partial charge in [0, 0.05) is 34.1 Å². The molecule has 2 heterocycles. The fourth-order valence-corrected chi connectivity index (χ4v) is 3.85. The van der Waals surface area contributed by atoms with Gasteiger partial charge in [-0.05, 0) is 44.7 Å². The van der Waals surface area contributed by atoms with Crippen LogP contribution in [0.15, 0.2) is 6.07 Å². The molecular weight excluding hydrogens is 242 g/mol. The molecule has 1 aliphatic carbocycles. The minimum absolute atomic E-state index is 0.900. The van der Waals surface area contributed by atoms with Crippen LogP contribution in [-0.4, -0.2) is 10.2 Å². The zero-order chi connectivity index (χ0) is 12.5. The Balaban J connectivity index is 1.58. The van der Waals surface area contributed by atoms with E-state index in [-0.39, 0.29) is 0 Å². The minimum Gasteiger partial charge on any atom is -0.308 e. The maximum absolute atomic E-state index is 4.22. The Labute approximate surface area is 112 Å². The molecular formula is C14H19N3S. The highest BCUT2D eigenvalue weighted by atomic mass is 32.1. The van der Waals surface area contributed by atoms with Crippen molar-refractivity contribution in [3.8, 4) is 0 Å². The number of aromatic nitrogens is 2. The molecule has 4 heteroatoms. The van der Waals surface area contributed by atoms with Gasteiger partial charge in [0.15, 0.2) is 0 Å². The predicted octanol–water partition coefficient (Wildman–Crippen LogP) is 2.87. The smallest absolute Gasteiger partial charge is 0.0638 e. The Morgan fingerprint density at radius 3 is 2.94 bits per heavy atom. The molecule has 0 spiro atoms. The third kappa shape index (κ3) is 2.22. The van der Waals surface area contributed by atoms with Crippen LogP contribution in [0.2, 0.25) is 0 Å². The van der Waals surface area contributed by atoms with E-state index in [1.807, 2.05) is 11.3 Å². The van der Waals surface area contributed by atoms with Gasteiger partial charge in [-0.2, -0.15) is 5.10 Å². The largest absolute Gasteiger partial charge is 0.308 e. The quantitative estimate of drug-likeness (QED) is 0.888. The molecule has 0 bridgehead atoms. The molecule has 0 unspecified atom stereocenters. The van der Waals surface area contributed by atoms with Gasteiger partial charge >= 0.3 is 0 Å². The summed E-state index contributed by atoms with van der Waals surface area (Å²) in [5.41, 5.74) is 5.17. The number of H-pyrrole nitrogens is 1. The highest BCUT2D eigenvalue weighted by molar-refractivity contribution is 7.12. The van der Waals surface area contributed by atoms with Crippen LogP contribution in [0.1, 0.15) is 38.7 Å². The van der Waals surface area contributed by atoms with E-state index in [4.69, 9.17) is 0 Å². The average Bonchev–Trinajstić information content (AvgIpc) is 2.98. The first-order valence-electron chi connectivity index (χ1n) is 6.55. The van der Waals surface area contributed by atoms with Gasteiger partial charge in [0.05, 0.1) is 5.69 Å². The third-order valence-electron chi connectivity index (χ3n) is 3.68. The highest BCUT2D eigenvalue weighted by Gasteiger charge is 2.14. The van der Waals surface area contributed by atoms with Crippen molar-refractivity contribution in [1.82, 2.24) is 15.5 Å². The van der Waals surface area contributed by atoms with Crippen LogP contribution >= 0.6 is 11.3 Å². The van der Waals surface area contributed by atoms with Gasteiger partial charge in [-0.25, -0.2) is 0 Å². The fourth-order valence-electron chi connectivity index (χ4n) is 2.62. The summed E-state index contributed by atoms with van der Waals surface area (Å²) in [5, 5.41) is 10.8. The number of aryl methyl sites for hydroxylation is 4. The van der Waals surface area contributed by atoms with Gasteiger partial charge in [-0.3, -0.25) is 5.10 Å². The van der Waals surface area contributed by atoms with Crippen molar-refractivity contribution in [3.05, 3.63) is 38.3 Å². The summed E-state index contributed by atoms with van der Waals surface area (Å²) in [7, 11) is 0. The summed E-state index contributed by atoms with van der Waals surface area (Å²) in [6.45, 7) is 6.01. The highest BCUT2D eigenvalue weighted by Crippen LogP contribution is 2.30. The molecule has 0 saturated carbocycles. The molecule has 1 aliphatic rings. The van der Waals surface area contributed by atoms with Crippen molar-refractivity contribution >= 4 is 11.3 Å². The second kappa shape index (κ2) is 4.86. The molecule has 0 saturated heterocycles. The second-order valence-corrected chi connectivity index (χ2v) is 6.25. The Morgan fingerprint density at radius 2 is 2.22 bits per heavy atom. The van der Waals surface area contributed by atoms with E-state index in [0.29, 0.717) is 0 Å². The van der Waals surface area contributed by atoms with Crippen LogP contribution in [0.25, 0.3) is 0 Å². The van der Waals surface area contributed by atoms with E-state index < -0.39 is 0 Å². The van der Waals surface area contributed by atoms with Gasteiger partial charge < -0.3 is 5.32 Å². The maximum Gasteiger partial charge on any atom is 0.0638 e. The second-order valence-electron chi connectivity index (χ2n) is 5.03. The normalized spacial score (nSPS) is 14.1. The fraction of sp³-hybridized carbons (Fsp3) is 0.500. The van der Waals surface area contributed by atoms with Crippen LogP contribution < -0.4 is 5.32 Å². The number of thiophene rings is 1. The van der Waals surface area contributed by atoms with Gasteiger partial charge in [-0.15, -0.1) is 11.3 Å². The van der Waals surface area contributed by atoms with Crippen LogP contribution in [0.3, 0.4) is 0 Å². The van der Waals surface area contributed by atoms with Crippen molar-refractivity contribution in [3.63, 3.8) is 0 Å². The van der Waals surface area contributed by atoms with Crippen LogP contribution in [-0.2, 0) is 25.9 Å². The zero-order valence-electron chi connectivity index (χ0n) is 11.0. The Morgan fingerprint density at radius 1 is 1.33 bits per heavy atom. The number of nitrogens with zero attached hydrogens (tertiary/aromatic N) is 1. The number of hydrogen-bond donors (Lipinski definition) is 2. The molecule has 3 rings (SSSR count). The van der Waals surface area contributed by atoms with E-state index in [0.717, 1.165) is 18.8 Å². The summed E-state index contributed by atoms with van der Waals surface area (Å²) < 4.78 is 0. The molecule has 0 amide bonds. The maximum atomic E-state index is 4.22. The minimum atomic E-state index is 0.900. The molecule has 0 radical (unpaired) electrons. The third-order valence-corrected chi connectivity index (χ3v) is 4.92. The van der Waals surface area contributed by atoms with Gasteiger partial charge in [0.25, 0.3) is 0 Å². The van der Waals surface area contributed by atoms with Crippen LogP contribution in [0.4, 0.5) is 0 Å². The van der Waals surface area contributed by atoms with Crippen LogP contribution in [0.5, 0.6) is 0 Å². The van der Waals surface area contributed by atoms with Crippen molar-refractivity contribution < 1.29 is 0 Å². The van der Waals surface area contributed by atoms with Gasteiger partial charge in [0.2, 0.25) is 0 Å². The number of aromatic amines is 1. The van der Waals surface area contributed by atoms with Crippen molar-refractivity contribution in [2.24, 2.45) is 0 Å². The van der Waals surface area contributed by atoms with E-state index in [9.17, 15) is 0 Å². The lowest BCUT2D eigenvalue weighted by Gasteiger charge is -2.03. The SMILES string of the molecule is Cc1n[nH]c(C)c1CNCc1cc2c(s1)CCC2. The first-order valence-corrected chi connectivity index (χ1v) is 7.37. The first kappa shape index (κ1) is 11.9. The van der Waals surface area contributed by atoms with Crippen LogP contribution in [0, 0.1) is 13.8 Å². The molecule has 0 aliphatic heterocycles. The molecule has 3 nitrogen and oxygen atoms in total. The van der Waals surface area contributed by atoms with Crippen molar-refractivity contribution in [2.75, 3.05) is 0 Å². The summed E-state index contributed by atoms with van der Waals surface area (Å²) in [4.78, 5) is 3.08. The Bertz CT molecular complexity index is 512. The molecule has 2 aromatic rings. The number of rotatable bonds is 4. The number of nitrogens with one attached hydrogen (secondary N) is 2. The standard InChI is InChI=1S/C14H19N3S/c1-9-13(10(2)17-16-9)8-15-7-12-6-11-4-3-5-14(11)18-12/h6,15H,3-5,7-8H2,1-2H3,(H,16,17). The lowest BCUT2D eigenvalue weighted by atomic mass is 10.2. The monoisotopic (exact) mass is 261 g/mol. The summed E-state index contributed by atoms with van der Waals surface area (Å²) in [6, 6.07) is 2.38. The topological polar surface area (TPSA) is 40.7 Å². The Kier molecular flexibility index (Phi) is 3.22. The first-order chi connectivity index (χ1) is 8.74. The van der Waals surface area contributed by atoms with Crippen molar-refractivity contribution in [2.45, 2.75) is 46.2 Å². The lowest BCUT2D eigenvalue weighted by molar-refractivity contribution is 0.695. The molecule has 0 aromatic carbocycles. The molecule has 18 heavy (non-hydrogen) atoms. The predicted molar refractivity (Wildman–Crippen MR) is 74.9 cm³/mol. The molecule has 0 fully saturated rings. The van der Waals surface area contributed by atoms with Gasteiger partial charge in [-0.1, -0.05) is 0 Å². The van der Waals surface area contributed by atoms with Gasteiger partial charge in [0.1, 0.15) is 0 Å². The molecule has 2 N–H and O–H groups in total. The molecule has 96 valence electrons. The summed E-state index contributed by atoms with van der Waals surface area (Å²) in [6.07, 6.45) is 3.92. The summed E-state index contributed by atoms with van der Waals surface area (Å²) in [5.74, 6) is 0.